The second kappa shape index (κ2) is 8.51. The average Bonchev–Trinajstić information content (AvgIpc) is 3.09. The first-order valence-corrected chi connectivity index (χ1v) is 9.79. The van der Waals surface area contributed by atoms with Crippen LogP contribution in [0.1, 0.15) is 41.5 Å². The molecule has 150 valence electrons. The molecule has 0 radical (unpaired) electrons. The minimum Gasteiger partial charge on any atom is -0.497 e. The predicted octanol–water partition coefficient (Wildman–Crippen LogP) is 3.05. The van der Waals surface area contributed by atoms with Gasteiger partial charge in [0.15, 0.2) is 15.7 Å². The number of aromatic nitrogens is 3. The molecule has 1 aromatic carbocycles. The van der Waals surface area contributed by atoms with Gasteiger partial charge < -0.3 is 4.74 Å². The van der Waals surface area contributed by atoms with Crippen LogP contribution in [0, 0.1) is 0 Å². The Morgan fingerprint density at radius 3 is 2.41 bits per heavy atom. The fraction of sp³-hybridized carbons (Fsp3) is 0.500. The molecule has 0 spiro atoms. The van der Waals surface area contributed by atoms with E-state index in [-0.39, 0.29) is 13.4 Å². The molecule has 0 aliphatic rings. The molecule has 0 aliphatic carbocycles. The lowest BCUT2D eigenvalue weighted by Crippen LogP contribution is -2.48. The first kappa shape index (κ1) is 22.6. The number of carbonyl (C=O) groups excluding carboxylic acids is 1. The van der Waals surface area contributed by atoms with Gasteiger partial charge in [-0.2, -0.15) is 4.98 Å². The highest BCUT2D eigenvalue weighted by Crippen LogP contribution is 2.25. The molecule has 1 amide bonds. The van der Waals surface area contributed by atoms with E-state index in [1.54, 1.807) is 45.2 Å². The maximum atomic E-state index is 12.6. The summed E-state index contributed by atoms with van der Waals surface area (Å²) in [5, 5.41) is 8.53. The first-order valence-electron chi connectivity index (χ1n) is 8.25. The van der Waals surface area contributed by atoms with E-state index in [2.05, 4.69) is 20.5 Å². The summed E-state index contributed by atoms with van der Waals surface area (Å²) in [6.45, 7) is 6.15. The highest BCUT2D eigenvalue weighted by atomic mass is 32.2. The van der Waals surface area contributed by atoms with E-state index in [1.807, 2.05) is 0 Å². The van der Waals surface area contributed by atoms with Gasteiger partial charge >= 0.3 is 0 Å². The van der Waals surface area contributed by atoms with Gasteiger partial charge in [-0.3, -0.25) is 15.2 Å². The number of aromatic amines is 1. The zero-order valence-corrected chi connectivity index (χ0v) is 16.3. The number of hydrogen-bond acceptors (Lipinski definition) is 6. The molecule has 2 rings (SSSR count). The second-order valence-corrected chi connectivity index (χ2v) is 9.38. The molecule has 27 heavy (non-hydrogen) atoms. The lowest BCUT2D eigenvalue weighted by atomic mass is 10.2. The number of nitrogens with one attached hydrogen (secondary N) is 2. The molecule has 1 heterocycles. The maximum Gasteiger partial charge on any atom is 0.249 e. The summed E-state index contributed by atoms with van der Waals surface area (Å²) in [6, 6.07) is 7.14. The van der Waals surface area contributed by atoms with Gasteiger partial charge in [0.05, 0.1) is 12.4 Å². The van der Waals surface area contributed by atoms with E-state index in [4.69, 9.17) is 4.74 Å². The molecule has 1 aromatic heterocycles. The van der Waals surface area contributed by atoms with Crippen LogP contribution < -0.4 is 10.1 Å². The van der Waals surface area contributed by atoms with Crippen LogP contribution in [-0.2, 0) is 14.6 Å². The Bertz CT molecular complexity index is 873. The third-order valence-corrected chi connectivity index (χ3v) is 7.44. The fourth-order valence-electron chi connectivity index (χ4n) is 2.30. The summed E-state index contributed by atoms with van der Waals surface area (Å²) in [7, 11) is -2.08. The minimum atomic E-state index is -3.65. The minimum absolute atomic E-state index is 0. The first-order chi connectivity index (χ1) is 12.1. The van der Waals surface area contributed by atoms with Gasteiger partial charge in [0.2, 0.25) is 11.9 Å². The Labute approximate surface area is 160 Å². The monoisotopic (exact) mass is 396 g/mol. The highest BCUT2D eigenvalue weighted by Gasteiger charge is 2.44. The van der Waals surface area contributed by atoms with Crippen LogP contribution in [-0.4, -0.2) is 46.6 Å². The van der Waals surface area contributed by atoms with Crippen LogP contribution in [0.2, 0.25) is 0 Å². The van der Waals surface area contributed by atoms with Crippen molar-refractivity contribution >= 4 is 21.7 Å². The van der Waals surface area contributed by atoms with Gasteiger partial charge in [-0.25, -0.2) is 8.42 Å². The molecule has 1 atom stereocenters. The predicted molar refractivity (Wildman–Crippen MR) is 106 cm³/mol. The summed E-state index contributed by atoms with van der Waals surface area (Å²) < 4.78 is 28.7. The standard InChI is InChI=1S/C17H24N4O4S.CH4/c1-6-11(2)26(23,24)17(3,4)15(22)19-16-18-14(20-21-16)12-7-9-13(25-5)10-8-12;/h7-11H,6H2,1-5H3,(H2,18,19,20,21,22);1H4/t11-;/m1./s1. The van der Waals surface area contributed by atoms with E-state index in [0.29, 0.717) is 18.0 Å². The third-order valence-electron chi connectivity index (χ3n) is 4.44. The normalized spacial score (nSPS) is 12.8. The largest absolute Gasteiger partial charge is 0.497 e. The molecule has 0 bridgehead atoms. The van der Waals surface area contributed by atoms with Crippen molar-refractivity contribution < 1.29 is 17.9 Å². The number of amides is 1. The van der Waals surface area contributed by atoms with Crippen LogP contribution in [0.3, 0.4) is 0 Å². The summed E-state index contributed by atoms with van der Waals surface area (Å²) >= 11 is 0. The Morgan fingerprint density at radius 1 is 1.30 bits per heavy atom. The molecule has 0 aliphatic heterocycles. The van der Waals surface area contributed by atoms with Gasteiger partial charge in [0.25, 0.3) is 0 Å². The van der Waals surface area contributed by atoms with E-state index in [1.165, 1.54) is 13.8 Å². The van der Waals surface area contributed by atoms with Crippen LogP contribution in [0.4, 0.5) is 5.95 Å². The van der Waals surface area contributed by atoms with Crippen molar-refractivity contribution in [2.75, 3.05) is 12.4 Å². The number of sulfone groups is 1. The quantitative estimate of drug-likeness (QED) is 0.743. The topological polar surface area (TPSA) is 114 Å². The van der Waals surface area contributed by atoms with Crippen molar-refractivity contribution in [1.29, 1.82) is 0 Å². The molecule has 8 nitrogen and oxygen atoms in total. The van der Waals surface area contributed by atoms with Crippen molar-refractivity contribution in [1.82, 2.24) is 15.2 Å². The number of H-pyrrole nitrogens is 1. The molecule has 0 fully saturated rings. The molecule has 9 heteroatoms. The third kappa shape index (κ3) is 4.47. The fourth-order valence-corrected chi connectivity index (χ4v) is 4.05. The Kier molecular flexibility index (Phi) is 7.13. The summed E-state index contributed by atoms with van der Waals surface area (Å²) in [4.78, 5) is 16.7. The summed E-state index contributed by atoms with van der Waals surface area (Å²) in [5.74, 6) is 0.510. The second-order valence-electron chi connectivity index (χ2n) is 6.46. The van der Waals surface area contributed by atoms with Gasteiger partial charge in [-0.05, 0) is 51.5 Å². The maximum absolute atomic E-state index is 12.6. The molecule has 2 aromatic rings. The van der Waals surface area contributed by atoms with Crippen molar-refractivity contribution in [3.05, 3.63) is 24.3 Å². The molecular formula is C18H28N4O4S. The lowest BCUT2D eigenvalue weighted by molar-refractivity contribution is -0.117. The number of rotatable bonds is 7. The van der Waals surface area contributed by atoms with Crippen LogP contribution in [0.5, 0.6) is 5.75 Å². The van der Waals surface area contributed by atoms with Crippen LogP contribution >= 0.6 is 0 Å². The van der Waals surface area contributed by atoms with Gasteiger partial charge in [0, 0.05) is 5.56 Å². The highest BCUT2D eigenvalue weighted by molar-refractivity contribution is 7.94. The molecule has 0 unspecified atom stereocenters. The van der Waals surface area contributed by atoms with E-state index >= 15 is 0 Å². The SMILES string of the molecule is C.CC[C@@H](C)S(=O)(=O)C(C)(C)C(=O)Nc1n[nH]c(-c2ccc(OC)cc2)n1. The van der Waals surface area contributed by atoms with Crippen molar-refractivity contribution in [3.8, 4) is 17.1 Å². The van der Waals surface area contributed by atoms with Gasteiger partial charge in [-0.15, -0.1) is 5.10 Å². The summed E-state index contributed by atoms with van der Waals surface area (Å²) in [5.41, 5.74) is 0.755. The molecule has 0 saturated carbocycles. The van der Waals surface area contributed by atoms with E-state index in [9.17, 15) is 13.2 Å². The van der Waals surface area contributed by atoms with Crippen LogP contribution in [0.25, 0.3) is 11.4 Å². The Hall–Kier alpha value is -2.42. The van der Waals surface area contributed by atoms with E-state index in [0.717, 1.165) is 5.56 Å². The Morgan fingerprint density at radius 2 is 1.89 bits per heavy atom. The van der Waals surface area contributed by atoms with E-state index < -0.39 is 25.7 Å². The number of benzene rings is 1. The molecule has 2 N–H and O–H groups in total. The smallest absolute Gasteiger partial charge is 0.249 e. The van der Waals surface area contributed by atoms with Crippen molar-refractivity contribution in [2.45, 2.75) is 51.5 Å². The number of nitrogens with zero attached hydrogens (tertiary/aromatic N) is 2. The molecular weight excluding hydrogens is 368 g/mol. The number of anilines is 1. The van der Waals surface area contributed by atoms with Gasteiger partial charge in [0.1, 0.15) is 10.5 Å². The summed E-state index contributed by atoms with van der Waals surface area (Å²) in [6.07, 6.45) is 0.432. The number of carbonyl (C=O) groups is 1. The van der Waals surface area contributed by atoms with Gasteiger partial charge in [-0.1, -0.05) is 14.4 Å². The Balaban J connectivity index is 0.00000364. The zero-order valence-electron chi connectivity index (χ0n) is 15.5. The number of methoxy groups -OCH3 is 1. The van der Waals surface area contributed by atoms with Crippen molar-refractivity contribution in [2.24, 2.45) is 0 Å². The van der Waals surface area contributed by atoms with Crippen LogP contribution in [0.15, 0.2) is 24.3 Å². The number of hydrogen-bond donors (Lipinski definition) is 2. The molecule has 0 saturated heterocycles. The average molecular weight is 397 g/mol. The zero-order chi connectivity index (χ0) is 19.5. The number of ether oxygens (including phenoxy) is 1. The van der Waals surface area contributed by atoms with Crippen molar-refractivity contribution in [3.63, 3.8) is 0 Å². The lowest BCUT2D eigenvalue weighted by Gasteiger charge is -2.26.